The summed E-state index contributed by atoms with van der Waals surface area (Å²) in [7, 11) is 0. The third kappa shape index (κ3) is 3.16. The molecule has 0 N–H and O–H groups in total. The molecule has 1 amide bonds. The van der Waals surface area contributed by atoms with Gasteiger partial charge in [0.2, 0.25) is 5.91 Å². The van der Waals surface area contributed by atoms with E-state index in [2.05, 4.69) is 15.0 Å². The quantitative estimate of drug-likeness (QED) is 0.740. The molecule has 0 aliphatic carbocycles. The molecule has 2 aliphatic heterocycles. The highest BCUT2D eigenvalue weighted by atomic mass is 16.5. The van der Waals surface area contributed by atoms with E-state index in [1.807, 2.05) is 9.58 Å². The van der Waals surface area contributed by atoms with Gasteiger partial charge in [-0.3, -0.25) is 14.4 Å². The highest BCUT2D eigenvalue weighted by Crippen LogP contribution is 2.16. The molecule has 2 saturated heterocycles. The summed E-state index contributed by atoms with van der Waals surface area (Å²) in [5, 5.41) is 4.10. The zero-order chi connectivity index (χ0) is 13.8. The maximum atomic E-state index is 12.3. The normalized spacial score (nSPS) is 24.2. The number of hydrogen-bond donors (Lipinski definition) is 0. The number of piperazine rings is 1. The molecule has 110 valence electrons. The molecule has 20 heavy (non-hydrogen) atoms. The summed E-state index contributed by atoms with van der Waals surface area (Å²) in [6.45, 7) is 6.67. The first-order chi connectivity index (χ1) is 9.83. The van der Waals surface area contributed by atoms with Crippen LogP contribution in [0.3, 0.4) is 0 Å². The van der Waals surface area contributed by atoms with Gasteiger partial charge in [0.05, 0.1) is 19.1 Å². The number of nitrogens with zero attached hydrogens (tertiary/aromatic N) is 5. The molecule has 2 fully saturated rings. The lowest BCUT2D eigenvalue weighted by molar-refractivity contribution is -0.137. The molecular weight excluding hydrogens is 258 g/mol. The van der Waals surface area contributed by atoms with Gasteiger partial charge in [0.15, 0.2) is 0 Å². The number of ether oxygens (including phenoxy) is 1. The summed E-state index contributed by atoms with van der Waals surface area (Å²) in [6.07, 6.45) is 4.17. The Bertz CT molecular complexity index is 422. The average Bonchev–Trinajstić information content (AvgIpc) is 3.18. The third-order valence-electron chi connectivity index (χ3n) is 4.07. The molecule has 0 aromatic carbocycles. The van der Waals surface area contributed by atoms with Gasteiger partial charge in [0.25, 0.3) is 0 Å². The fourth-order valence-electron chi connectivity index (χ4n) is 2.77. The SMILES string of the molecule is O=C([C@H]1CCOC1)N1CCN(CCn2cncn2)CC1. The molecule has 0 spiro atoms. The van der Waals surface area contributed by atoms with Crippen LogP contribution in [0.15, 0.2) is 12.7 Å². The lowest BCUT2D eigenvalue weighted by atomic mass is 10.1. The van der Waals surface area contributed by atoms with Crippen molar-refractivity contribution in [1.29, 1.82) is 0 Å². The summed E-state index contributed by atoms with van der Waals surface area (Å²) in [5.41, 5.74) is 0. The summed E-state index contributed by atoms with van der Waals surface area (Å²) >= 11 is 0. The van der Waals surface area contributed by atoms with Gasteiger partial charge < -0.3 is 9.64 Å². The minimum absolute atomic E-state index is 0.0942. The number of carbonyl (C=O) groups is 1. The van der Waals surface area contributed by atoms with Crippen molar-refractivity contribution in [2.75, 3.05) is 45.9 Å². The Morgan fingerprint density at radius 3 is 2.75 bits per heavy atom. The van der Waals surface area contributed by atoms with Gasteiger partial charge >= 0.3 is 0 Å². The zero-order valence-electron chi connectivity index (χ0n) is 11.6. The molecule has 0 unspecified atom stereocenters. The van der Waals surface area contributed by atoms with Gasteiger partial charge in [0, 0.05) is 39.3 Å². The second kappa shape index (κ2) is 6.32. The van der Waals surface area contributed by atoms with Crippen LogP contribution < -0.4 is 0 Å². The van der Waals surface area contributed by atoms with Crippen molar-refractivity contribution >= 4 is 5.91 Å². The Kier molecular flexibility index (Phi) is 4.27. The highest BCUT2D eigenvalue weighted by Gasteiger charge is 2.29. The molecular formula is C13H21N5O2. The molecule has 3 heterocycles. The van der Waals surface area contributed by atoms with E-state index in [0.29, 0.717) is 6.61 Å². The van der Waals surface area contributed by atoms with Crippen LogP contribution in [0.1, 0.15) is 6.42 Å². The van der Waals surface area contributed by atoms with Crippen LogP contribution in [0.2, 0.25) is 0 Å². The van der Waals surface area contributed by atoms with Gasteiger partial charge in [-0.2, -0.15) is 5.10 Å². The molecule has 0 bridgehead atoms. The van der Waals surface area contributed by atoms with Crippen molar-refractivity contribution in [3.8, 4) is 0 Å². The Morgan fingerprint density at radius 1 is 1.25 bits per heavy atom. The predicted molar refractivity (Wildman–Crippen MR) is 72.0 cm³/mol. The fourth-order valence-corrected chi connectivity index (χ4v) is 2.77. The smallest absolute Gasteiger partial charge is 0.228 e. The Morgan fingerprint density at radius 2 is 2.10 bits per heavy atom. The van der Waals surface area contributed by atoms with Crippen LogP contribution in [0.5, 0.6) is 0 Å². The zero-order valence-corrected chi connectivity index (χ0v) is 11.6. The minimum atomic E-state index is 0.0942. The van der Waals surface area contributed by atoms with E-state index in [1.54, 1.807) is 12.7 Å². The molecule has 7 nitrogen and oxygen atoms in total. The van der Waals surface area contributed by atoms with Crippen LogP contribution in [-0.4, -0.2) is 76.4 Å². The second-order valence-electron chi connectivity index (χ2n) is 5.39. The van der Waals surface area contributed by atoms with Crippen LogP contribution in [0.4, 0.5) is 0 Å². The fraction of sp³-hybridized carbons (Fsp3) is 0.769. The maximum Gasteiger partial charge on any atom is 0.228 e. The molecule has 0 radical (unpaired) electrons. The van der Waals surface area contributed by atoms with E-state index >= 15 is 0 Å². The van der Waals surface area contributed by atoms with E-state index in [0.717, 1.165) is 52.3 Å². The van der Waals surface area contributed by atoms with E-state index in [9.17, 15) is 4.79 Å². The molecule has 0 saturated carbocycles. The van der Waals surface area contributed by atoms with Crippen molar-refractivity contribution in [3.63, 3.8) is 0 Å². The van der Waals surface area contributed by atoms with Crippen molar-refractivity contribution in [1.82, 2.24) is 24.6 Å². The number of hydrogen-bond acceptors (Lipinski definition) is 5. The Labute approximate surface area is 118 Å². The van der Waals surface area contributed by atoms with Crippen LogP contribution in [-0.2, 0) is 16.1 Å². The largest absolute Gasteiger partial charge is 0.381 e. The van der Waals surface area contributed by atoms with Crippen molar-refractivity contribution in [3.05, 3.63) is 12.7 Å². The average molecular weight is 279 g/mol. The first kappa shape index (κ1) is 13.5. The molecule has 2 aliphatic rings. The second-order valence-corrected chi connectivity index (χ2v) is 5.39. The summed E-state index contributed by atoms with van der Waals surface area (Å²) in [6, 6.07) is 0. The Hall–Kier alpha value is -1.47. The van der Waals surface area contributed by atoms with Gasteiger partial charge in [-0.05, 0) is 6.42 Å². The van der Waals surface area contributed by atoms with Gasteiger partial charge in [-0.15, -0.1) is 0 Å². The third-order valence-corrected chi connectivity index (χ3v) is 4.07. The van der Waals surface area contributed by atoms with Crippen molar-refractivity contribution in [2.45, 2.75) is 13.0 Å². The number of amides is 1. The number of rotatable bonds is 4. The minimum Gasteiger partial charge on any atom is -0.381 e. The van der Waals surface area contributed by atoms with Gasteiger partial charge in [-0.25, -0.2) is 4.98 Å². The summed E-state index contributed by atoms with van der Waals surface area (Å²) < 4.78 is 7.14. The predicted octanol–water partition coefficient (Wildman–Crippen LogP) is -0.541. The standard InChI is InChI=1S/C13H21N5O2/c19-13(12-1-8-20-9-12)17-5-2-16(3-6-17)4-7-18-11-14-10-15-18/h10-12H,1-9H2/t12-/m0/s1. The monoisotopic (exact) mass is 279 g/mol. The van der Waals surface area contributed by atoms with Crippen molar-refractivity contribution < 1.29 is 9.53 Å². The number of aromatic nitrogens is 3. The van der Waals surface area contributed by atoms with Gasteiger partial charge in [0.1, 0.15) is 12.7 Å². The molecule has 1 aromatic rings. The summed E-state index contributed by atoms with van der Waals surface area (Å²) in [4.78, 5) is 20.6. The first-order valence-electron chi connectivity index (χ1n) is 7.24. The van der Waals surface area contributed by atoms with E-state index in [4.69, 9.17) is 4.74 Å². The van der Waals surface area contributed by atoms with Gasteiger partial charge in [-0.1, -0.05) is 0 Å². The van der Waals surface area contributed by atoms with Crippen LogP contribution in [0.25, 0.3) is 0 Å². The van der Waals surface area contributed by atoms with E-state index < -0.39 is 0 Å². The molecule has 1 atom stereocenters. The van der Waals surface area contributed by atoms with Crippen LogP contribution >= 0.6 is 0 Å². The highest BCUT2D eigenvalue weighted by molar-refractivity contribution is 5.79. The number of carbonyl (C=O) groups excluding carboxylic acids is 1. The molecule has 3 rings (SSSR count). The molecule has 7 heteroatoms. The molecule has 1 aromatic heterocycles. The topological polar surface area (TPSA) is 63.5 Å². The lowest BCUT2D eigenvalue weighted by Gasteiger charge is -2.35. The van der Waals surface area contributed by atoms with Crippen molar-refractivity contribution in [2.24, 2.45) is 5.92 Å². The maximum absolute atomic E-state index is 12.3. The Balaban J connectivity index is 1.41. The summed E-state index contributed by atoms with van der Waals surface area (Å²) in [5.74, 6) is 0.370. The van der Waals surface area contributed by atoms with Crippen LogP contribution in [0, 0.1) is 5.92 Å². The van der Waals surface area contributed by atoms with E-state index in [-0.39, 0.29) is 11.8 Å². The van der Waals surface area contributed by atoms with E-state index in [1.165, 1.54) is 0 Å². The first-order valence-corrected chi connectivity index (χ1v) is 7.24. The lowest BCUT2D eigenvalue weighted by Crippen LogP contribution is -2.51.